The van der Waals surface area contributed by atoms with Gasteiger partial charge >= 0.3 is 0 Å². The summed E-state index contributed by atoms with van der Waals surface area (Å²) in [4.78, 5) is 0. The largest absolute Gasteiger partial charge is 0.396 e. The van der Waals surface area contributed by atoms with Crippen LogP contribution >= 0.6 is 0 Å². The van der Waals surface area contributed by atoms with Crippen LogP contribution in [0.15, 0.2) is 30.5 Å². The summed E-state index contributed by atoms with van der Waals surface area (Å²) >= 11 is 0. The van der Waals surface area contributed by atoms with Crippen molar-refractivity contribution in [3.63, 3.8) is 0 Å². The van der Waals surface area contributed by atoms with Crippen molar-refractivity contribution in [1.82, 2.24) is 15.1 Å². The van der Waals surface area contributed by atoms with Crippen molar-refractivity contribution >= 4 is 0 Å². The lowest BCUT2D eigenvalue weighted by Crippen LogP contribution is -2.34. The first kappa shape index (κ1) is 16.1. The lowest BCUT2D eigenvalue weighted by Gasteiger charge is -2.22. The van der Waals surface area contributed by atoms with Crippen molar-refractivity contribution in [1.29, 1.82) is 0 Å². The molecule has 1 fully saturated rings. The van der Waals surface area contributed by atoms with Crippen LogP contribution in [0.25, 0.3) is 5.69 Å². The van der Waals surface area contributed by atoms with Gasteiger partial charge in [0.15, 0.2) is 0 Å². The third kappa shape index (κ3) is 3.62. The minimum Gasteiger partial charge on any atom is -0.396 e. The third-order valence-corrected chi connectivity index (χ3v) is 4.68. The minimum absolute atomic E-state index is 0.168. The molecule has 1 aromatic heterocycles. The molecule has 2 N–H and O–H groups in total. The molecule has 1 saturated carbocycles. The monoisotopic (exact) mass is 317 g/mol. The Balaban J connectivity index is 1.76. The summed E-state index contributed by atoms with van der Waals surface area (Å²) in [5.41, 5.74) is 3.05. The molecule has 0 spiro atoms. The molecule has 1 aliphatic carbocycles. The zero-order valence-electron chi connectivity index (χ0n) is 13.7. The molecule has 4 nitrogen and oxygen atoms in total. The van der Waals surface area contributed by atoms with Gasteiger partial charge < -0.3 is 10.4 Å². The number of nitrogens with zero attached hydrogens (tertiary/aromatic N) is 2. The summed E-state index contributed by atoms with van der Waals surface area (Å²) in [5.74, 6) is 0.446. The van der Waals surface area contributed by atoms with Gasteiger partial charge in [-0.3, -0.25) is 0 Å². The topological polar surface area (TPSA) is 50.1 Å². The second-order valence-electron chi connectivity index (χ2n) is 6.42. The molecule has 0 aliphatic heterocycles. The molecular weight excluding hydrogens is 293 g/mol. The number of nitrogens with one attached hydrogen (secondary N) is 1. The number of halogens is 1. The SMILES string of the molecule is Cc1c(C(C)NC(CCO)C2CC2)cnn1-c1ccc(F)cc1. The van der Waals surface area contributed by atoms with Gasteiger partial charge in [0.2, 0.25) is 0 Å². The van der Waals surface area contributed by atoms with Gasteiger partial charge in [-0.15, -0.1) is 0 Å². The van der Waals surface area contributed by atoms with Gasteiger partial charge in [-0.2, -0.15) is 5.10 Å². The molecule has 2 atom stereocenters. The van der Waals surface area contributed by atoms with E-state index in [2.05, 4.69) is 17.3 Å². The number of aromatic nitrogens is 2. The summed E-state index contributed by atoms with van der Waals surface area (Å²) < 4.78 is 14.9. The molecule has 0 amide bonds. The van der Waals surface area contributed by atoms with Gasteiger partial charge in [0.05, 0.1) is 11.9 Å². The fourth-order valence-corrected chi connectivity index (χ4v) is 3.19. The van der Waals surface area contributed by atoms with Crippen LogP contribution in [0.3, 0.4) is 0 Å². The Morgan fingerprint density at radius 1 is 1.35 bits per heavy atom. The van der Waals surface area contributed by atoms with E-state index in [1.807, 2.05) is 17.8 Å². The molecule has 1 heterocycles. The van der Waals surface area contributed by atoms with Crippen LogP contribution in [0.2, 0.25) is 0 Å². The first-order chi connectivity index (χ1) is 11.1. The maximum atomic E-state index is 13.1. The summed E-state index contributed by atoms with van der Waals surface area (Å²) in [7, 11) is 0. The van der Waals surface area contributed by atoms with Crippen LogP contribution in [-0.4, -0.2) is 27.5 Å². The molecule has 2 aromatic rings. The maximum absolute atomic E-state index is 13.1. The molecule has 0 saturated heterocycles. The molecule has 23 heavy (non-hydrogen) atoms. The van der Waals surface area contributed by atoms with Crippen LogP contribution in [-0.2, 0) is 0 Å². The van der Waals surface area contributed by atoms with Crippen LogP contribution in [0.5, 0.6) is 0 Å². The predicted molar refractivity (Wildman–Crippen MR) is 88.0 cm³/mol. The van der Waals surface area contributed by atoms with E-state index in [-0.39, 0.29) is 18.5 Å². The van der Waals surface area contributed by atoms with Crippen LogP contribution < -0.4 is 5.32 Å². The molecule has 1 aliphatic rings. The van der Waals surface area contributed by atoms with E-state index in [0.717, 1.165) is 23.4 Å². The third-order valence-electron chi connectivity index (χ3n) is 4.68. The Kier molecular flexibility index (Phi) is 4.78. The Morgan fingerprint density at radius 2 is 2.04 bits per heavy atom. The average molecular weight is 317 g/mol. The van der Waals surface area contributed by atoms with E-state index in [0.29, 0.717) is 12.0 Å². The standard InChI is InChI=1S/C18H24FN3O/c1-12(21-18(9-10-23)14-3-4-14)17-11-20-22(13(17)2)16-7-5-15(19)6-8-16/h5-8,11-12,14,18,21,23H,3-4,9-10H2,1-2H3. The molecule has 2 unspecified atom stereocenters. The first-order valence-corrected chi connectivity index (χ1v) is 8.27. The van der Waals surface area contributed by atoms with E-state index < -0.39 is 0 Å². The highest BCUT2D eigenvalue weighted by atomic mass is 19.1. The van der Waals surface area contributed by atoms with E-state index in [4.69, 9.17) is 0 Å². The maximum Gasteiger partial charge on any atom is 0.123 e. The Labute approximate surface area is 136 Å². The van der Waals surface area contributed by atoms with Crippen LogP contribution in [0.4, 0.5) is 4.39 Å². The number of aliphatic hydroxyl groups is 1. The Bertz CT molecular complexity index is 649. The van der Waals surface area contributed by atoms with E-state index >= 15 is 0 Å². The summed E-state index contributed by atoms with van der Waals surface area (Å²) in [6.45, 7) is 4.38. The lowest BCUT2D eigenvalue weighted by atomic mass is 10.0. The lowest BCUT2D eigenvalue weighted by molar-refractivity contribution is 0.250. The highest BCUT2D eigenvalue weighted by molar-refractivity contribution is 5.35. The summed E-state index contributed by atoms with van der Waals surface area (Å²) in [6.07, 6.45) is 5.16. The van der Waals surface area contributed by atoms with E-state index in [1.54, 1.807) is 12.1 Å². The number of aliphatic hydroxyl groups excluding tert-OH is 1. The fourth-order valence-electron chi connectivity index (χ4n) is 3.19. The minimum atomic E-state index is -0.245. The second kappa shape index (κ2) is 6.81. The molecule has 0 bridgehead atoms. The number of rotatable bonds is 7. The first-order valence-electron chi connectivity index (χ1n) is 8.27. The summed E-state index contributed by atoms with van der Waals surface area (Å²) in [6, 6.07) is 6.89. The van der Waals surface area contributed by atoms with Gasteiger partial charge in [-0.05, 0) is 63.3 Å². The van der Waals surface area contributed by atoms with E-state index in [9.17, 15) is 9.50 Å². The molecule has 1 aromatic carbocycles. The van der Waals surface area contributed by atoms with Crippen molar-refractivity contribution in [3.05, 3.63) is 47.5 Å². The van der Waals surface area contributed by atoms with Crippen molar-refractivity contribution in [3.8, 4) is 5.69 Å². The fraction of sp³-hybridized carbons (Fsp3) is 0.500. The zero-order valence-corrected chi connectivity index (χ0v) is 13.7. The molecule has 3 rings (SSSR count). The summed E-state index contributed by atoms with van der Waals surface area (Å²) in [5, 5.41) is 17.3. The number of benzene rings is 1. The Morgan fingerprint density at radius 3 is 2.65 bits per heavy atom. The highest BCUT2D eigenvalue weighted by Gasteiger charge is 2.32. The molecular formula is C18H24FN3O. The van der Waals surface area contributed by atoms with Gasteiger partial charge in [0.25, 0.3) is 0 Å². The second-order valence-corrected chi connectivity index (χ2v) is 6.42. The average Bonchev–Trinajstić information content (AvgIpc) is 3.31. The normalized spacial score (nSPS) is 17.2. The van der Waals surface area contributed by atoms with Crippen molar-refractivity contribution in [2.45, 2.75) is 45.2 Å². The van der Waals surface area contributed by atoms with Crippen molar-refractivity contribution in [2.24, 2.45) is 5.92 Å². The predicted octanol–water partition coefficient (Wildman–Crippen LogP) is 3.13. The number of hydrogen-bond acceptors (Lipinski definition) is 3. The van der Waals surface area contributed by atoms with Crippen LogP contribution in [0.1, 0.15) is 43.5 Å². The molecule has 0 radical (unpaired) electrons. The smallest absolute Gasteiger partial charge is 0.123 e. The van der Waals surface area contributed by atoms with E-state index in [1.165, 1.54) is 25.0 Å². The van der Waals surface area contributed by atoms with Gasteiger partial charge in [-0.1, -0.05) is 0 Å². The number of hydrogen-bond donors (Lipinski definition) is 2. The van der Waals surface area contributed by atoms with Gasteiger partial charge in [0.1, 0.15) is 5.82 Å². The van der Waals surface area contributed by atoms with Gasteiger partial charge in [-0.25, -0.2) is 9.07 Å². The highest BCUT2D eigenvalue weighted by Crippen LogP contribution is 2.35. The van der Waals surface area contributed by atoms with Crippen molar-refractivity contribution < 1.29 is 9.50 Å². The van der Waals surface area contributed by atoms with Crippen LogP contribution in [0, 0.1) is 18.7 Å². The molecule has 5 heteroatoms. The quantitative estimate of drug-likeness (QED) is 0.825. The zero-order chi connectivity index (χ0) is 16.4. The molecule has 124 valence electrons. The van der Waals surface area contributed by atoms with Gasteiger partial charge in [0, 0.05) is 29.9 Å². The Hall–Kier alpha value is -1.72. The van der Waals surface area contributed by atoms with Crippen molar-refractivity contribution in [2.75, 3.05) is 6.61 Å².